The molecule has 0 aromatic heterocycles. The average Bonchev–Trinajstić information content (AvgIpc) is 2.80. The third kappa shape index (κ3) is 1.74. The smallest absolute Gasteiger partial charge is 0.155 e. The highest BCUT2D eigenvalue weighted by Crippen LogP contribution is 2.56. The van der Waals surface area contributed by atoms with Crippen LogP contribution in [0.1, 0.15) is 44.9 Å². The van der Waals surface area contributed by atoms with Gasteiger partial charge in [-0.05, 0) is 61.9 Å². The summed E-state index contributed by atoms with van der Waals surface area (Å²) in [5.74, 6) is 1.69. The van der Waals surface area contributed by atoms with Crippen molar-refractivity contribution >= 4 is 11.6 Å². The van der Waals surface area contributed by atoms with Crippen LogP contribution in [0.5, 0.6) is 0 Å². The topological polar surface area (TPSA) is 34.1 Å². The second kappa shape index (κ2) is 4.51. The molecule has 4 rings (SSSR count). The summed E-state index contributed by atoms with van der Waals surface area (Å²) in [5.41, 5.74) is 1.20. The van der Waals surface area contributed by atoms with Crippen molar-refractivity contribution in [2.24, 2.45) is 29.6 Å². The van der Waals surface area contributed by atoms with Gasteiger partial charge in [0.1, 0.15) is 12.0 Å². The van der Waals surface area contributed by atoms with E-state index >= 15 is 0 Å². The fourth-order valence-electron chi connectivity index (χ4n) is 5.56. The van der Waals surface area contributed by atoms with Gasteiger partial charge < -0.3 is 0 Å². The first-order valence-corrected chi connectivity index (χ1v) is 8.05. The van der Waals surface area contributed by atoms with E-state index in [4.69, 9.17) is 0 Å². The molecule has 108 valence electrons. The highest BCUT2D eigenvalue weighted by Gasteiger charge is 2.54. The Morgan fingerprint density at radius 1 is 0.950 bits per heavy atom. The van der Waals surface area contributed by atoms with E-state index in [0.29, 0.717) is 36.9 Å². The Bertz CT molecular complexity index is 495. The van der Waals surface area contributed by atoms with Gasteiger partial charge in [0, 0.05) is 18.8 Å². The molecule has 0 aliphatic heterocycles. The number of halogens is 1. The number of ketones is 2. The lowest BCUT2D eigenvalue weighted by atomic mass is 9.55. The molecule has 4 aliphatic carbocycles. The zero-order valence-electron chi connectivity index (χ0n) is 11.7. The summed E-state index contributed by atoms with van der Waals surface area (Å²) in [6.45, 7) is 0. The molecule has 0 aromatic carbocycles. The minimum atomic E-state index is -0.842. The Kier molecular flexibility index (Phi) is 2.87. The molecule has 0 heterocycles. The molecule has 3 heteroatoms. The molecule has 0 radical (unpaired) electrons. The number of Topliss-reactive ketones (excluding diaryl/α,β-unsaturated/α-hetero) is 1. The predicted molar refractivity (Wildman–Crippen MR) is 72.8 cm³/mol. The van der Waals surface area contributed by atoms with Crippen LogP contribution in [0, 0.1) is 29.6 Å². The quantitative estimate of drug-likeness (QED) is 0.680. The van der Waals surface area contributed by atoms with Crippen LogP contribution < -0.4 is 0 Å². The first kappa shape index (κ1) is 12.7. The van der Waals surface area contributed by atoms with E-state index in [1.165, 1.54) is 5.57 Å². The van der Waals surface area contributed by atoms with Crippen molar-refractivity contribution in [3.63, 3.8) is 0 Å². The summed E-state index contributed by atoms with van der Waals surface area (Å²) in [6.07, 6.45) is 6.38. The molecule has 0 bridgehead atoms. The maximum atomic E-state index is 14.7. The normalized spacial score (nSPS) is 47.4. The molecular weight excluding hydrogens is 255 g/mol. The standard InChI is InChI=1S/C17H21FO2/c18-15-8-14-12(5-6-16(14)20)13-3-1-9-7-10(19)2-4-11(9)17(13)15/h7,11-15,17H,1-6,8H2/t11?,12?,13-,14?,15?,17?/m0/s1. The minimum Gasteiger partial charge on any atom is -0.299 e. The van der Waals surface area contributed by atoms with E-state index < -0.39 is 6.17 Å². The second-order valence-corrected chi connectivity index (χ2v) is 7.14. The van der Waals surface area contributed by atoms with Crippen LogP contribution in [0.4, 0.5) is 4.39 Å². The van der Waals surface area contributed by atoms with Gasteiger partial charge in [-0.15, -0.1) is 0 Å². The number of rotatable bonds is 0. The number of carbonyl (C=O) groups excluding carboxylic acids is 2. The van der Waals surface area contributed by atoms with Crippen molar-refractivity contribution in [3.05, 3.63) is 11.6 Å². The van der Waals surface area contributed by atoms with Crippen LogP contribution in [0.25, 0.3) is 0 Å². The van der Waals surface area contributed by atoms with E-state index in [1.807, 2.05) is 0 Å². The summed E-state index contributed by atoms with van der Waals surface area (Å²) in [6, 6.07) is 0. The molecule has 3 fully saturated rings. The summed E-state index contributed by atoms with van der Waals surface area (Å²) in [4.78, 5) is 23.5. The maximum Gasteiger partial charge on any atom is 0.155 e. The SMILES string of the molecule is O=C1C=C2CC[C@H]3C4CCC(=O)C4CC(F)C3C2CC1. The molecule has 20 heavy (non-hydrogen) atoms. The number of fused-ring (bicyclic) bond motifs is 5. The highest BCUT2D eigenvalue weighted by molar-refractivity contribution is 5.91. The molecule has 2 nitrogen and oxygen atoms in total. The molecular formula is C17H21FO2. The molecule has 0 spiro atoms. The predicted octanol–water partition coefficient (Wildman–Crippen LogP) is 3.26. The van der Waals surface area contributed by atoms with Crippen molar-refractivity contribution in [2.45, 2.75) is 51.1 Å². The fourth-order valence-corrected chi connectivity index (χ4v) is 5.56. The van der Waals surface area contributed by atoms with Gasteiger partial charge in [-0.3, -0.25) is 9.59 Å². The number of carbonyl (C=O) groups is 2. The largest absolute Gasteiger partial charge is 0.299 e. The van der Waals surface area contributed by atoms with Crippen molar-refractivity contribution in [3.8, 4) is 0 Å². The Hall–Kier alpha value is -0.990. The van der Waals surface area contributed by atoms with Crippen molar-refractivity contribution < 1.29 is 14.0 Å². The molecule has 0 aromatic rings. The third-order valence-electron chi connectivity index (χ3n) is 6.35. The molecule has 0 saturated heterocycles. The first-order chi connectivity index (χ1) is 9.65. The van der Waals surface area contributed by atoms with Gasteiger partial charge in [-0.1, -0.05) is 5.57 Å². The van der Waals surface area contributed by atoms with Crippen LogP contribution in [-0.2, 0) is 9.59 Å². The molecule has 5 unspecified atom stereocenters. The van der Waals surface area contributed by atoms with E-state index in [2.05, 4.69) is 0 Å². The lowest BCUT2D eigenvalue weighted by molar-refractivity contribution is -0.125. The monoisotopic (exact) mass is 276 g/mol. The van der Waals surface area contributed by atoms with Gasteiger partial charge in [0.2, 0.25) is 0 Å². The first-order valence-electron chi connectivity index (χ1n) is 8.05. The summed E-state index contributed by atoms with van der Waals surface area (Å²) in [5, 5.41) is 0. The zero-order chi connectivity index (χ0) is 13.9. The van der Waals surface area contributed by atoms with Crippen molar-refractivity contribution in [2.75, 3.05) is 0 Å². The maximum absolute atomic E-state index is 14.7. The Labute approximate surface area is 118 Å². The van der Waals surface area contributed by atoms with Crippen LogP contribution >= 0.6 is 0 Å². The molecule has 0 N–H and O–H groups in total. The van der Waals surface area contributed by atoms with E-state index in [1.54, 1.807) is 6.08 Å². The van der Waals surface area contributed by atoms with Gasteiger partial charge in [0.15, 0.2) is 5.78 Å². The number of alkyl halides is 1. The third-order valence-corrected chi connectivity index (χ3v) is 6.35. The van der Waals surface area contributed by atoms with E-state index in [0.717, 1.165) is 25.7 Å². The Morgan fingerprint density at radius 2 is 1.75 bits per heavy atom. The summed E-state index contributed by atoms with van der Waals surface area (Å²) in [7, 11) is 0. The van der Waals surface area contributed by atoms with Gasteiger partial charge in [0.25, 0.3) is 0 Å². The van der Waals surface area contributed by atoms with Gasteiger partial charge in [-0.2, -0.15) is 0 Å². The molecule has 0 amide bonds. The lowest BCUT2D eigenvalue weighted by Crippen LogP contribution is -2.47. The lowest BCUT2D eigenvalue weighted by Gasteiger charge is -2.50. The zero-order valence-corrected chi connectivity index (χ0v) is 11.7. The van der Waals surface area contributed by atoms with E-state index in [9.17, 15) is 14.0 Å². The number of hydrogen-bond donors (Lipinski definition) is 0. The highest BCUT2D eigenvalue weighted by atomic mass is 19.1. The minimum absolute atomic E-state index is 0.00185. The Balaban J connectivity index is 1.66. The van der Waals surface area contributed by atoms with Crippen LogP contribution in [-0.4, -0.2) is 17.7 Å². The van der Waals surface area contributed by atoms with Crippen LogP contribution in [0.3, 0.4) is 0 Å². The summed E-state index contributed by atoms with van der Waals surface area (Å²) < 4.78 is 14.7. The van der Waals surface area contributed by atoms with Crippen molar-refractivity contribution in [1.82, 2.24) is 0 Å². The van der Waals surface area contributed by atoms with E-state index in [-0.39, 0.29) is 23.5 Å². The van der Waals surface area contributed by atoms with Crippen LogP contribution in [0.15, 0.2) is 11.6 Å². The molecule has 4 aliphatic rings. The van der Waals surface area contributed by atoms with Gasteiger partial charge >= 0.3 is 0 Å². The fraction of sp³-hybridized carbons (Fsp3) is 0.765. The molecule has 3 saturated carbocycles. The summed E-state index contributed by atoms with van der Waals surface area (Å²) >= 11 is 0. The second-order valence-electron chi connectivity index (χ2n) is 7.14. The van der Waals surface area contributed by atoms with Crippen molar-refractivity contribution in [1.29, 1.82) is 0 Å². The number of allylic oxidation sites excluding steroid dienone is 1. The number of hydrogen-bond acceptors (Lipinski definition) is 2. The van der Waals surface area contributed by atoms with Gasteiger partial charge in [-0.25, -0.2) is 4.39 Å². The van der Waals surface area contributed by atoms with Gasteiger partial charge in [0.05, 0.1) is 0 Å². The average molecular weight is 276 g/mol. The van der Waals surface area contributed by atoms with Crippen LogP contribution in [0.2, 0.25) is 0 Å². The Morgan fingerprint density at radius 3 is 2.60 bits per heavy atom. The molecule has 6 atom stereocenters.